The van der Waals surface area contributed by atoms with Gasteiger partial charge in [0.2, 0.25) is 10.0 Å². The highest BCUT2D eigenvalue weighted by atomic mass is 32.2. The fourth-order valence-electron chi connectivity index (χ4n) is 5.67. The molecule has 0 aromatic heterocycles. The highest BCUT2D eigenvalue weighted by molar-refractivity contribution is 7.89. The third kappa shape index (κ3) is 5.37. The maximum absolute atomic E-state index is 13.3. The van der Waals surface area contributed by atoms with Crippen LogP contribution in [0.3, 0.4) is 0 Å². The van der Waals surface area contributed by atoms with Gasteiger partial charge in [-0.25, -0.2) is 8.42 Å². The number of hydrogen-bond acceptors (Lipinski definition) is 4. The topological polar surface area (TPSA) is 58.6 Å². The summed E-state index contributed by atoms with van der Waals surface area (Å²) in [5, 5.41) is 3.62. The number of benzene rings is 2. The lowest BCUT2D eigenvalue weighted by Gasteiger charge is -2.42. The fraction of sp³-hybridized carbons (Fsp3) is 0.538. The van der Waals surface area contributed by atoms with Crippen LogP contribution in [0.15, 0.2) is 53.4 Å². The third-order valence-corrected chi connectivity index (χ3v) is 9.78. The molecule has 2 aromatic carbocycles. The number of alkyl halides is 3. The molecule has 5 rings (SSSR count). The smallest absolute Gasteiger partial charge is 0.404 e. The summed E-state index contributed by atoms with van der Waals surface area (Å²) in [6.45, 7) is 1.39. The van der Waals surface area contributed by atoms with Crippen molar-refractivity contribution < 1.29 is 26.3 Å². The van der Waals surface area contributed by atoms with Gasteiger partial charge in [-0.15, -0.1) is 13.2 Å². The lowest BCUT2D eigenvalue weighted by atomic mass is 9.71. The van der Waals surface area contributed by atoms with Crippen LogP contribution in [0.4, 0.5) is 13.2 Å². The monoisotopic (exact) mass is 508 g/mol. The van der Waals surface area contributed by atoms with Crippen LogP contribution in [0.25, 0.3) is 0 Å². The highest BCUT2D eigenvalue weighted by Gasteiger charge is 2.47. The summed E-state index contributed by atoms with van der Waals surface area (Å²) in [6, 6.07) is 13.9. The van der Waals surface area contributed by atoms with Crippen molar-refractivity contribution >= 4 is 10.0 Å². The Balaban J connectivity index is 1.28. The zero-order valence-electron chi connectivity index (χ0n) is 19.6. The first-order valence-electron chi connectivity index (χ1n) is 12.3. The van der Waals surface area contributed by atoms with Gasteiger partial charge in [0.25, 0.3) is 0 Å². The van der Waals surface area contributed by atoms with E-state index >= 15 is 0 Å². The number of rotatable bonds is 7. The largest absolute Gasteiger partial charge is 0.573 e. The zero-order valence-corrected chi connectivity index (χ0v) is 20.4. The summed E-state index contributed by atoms with van der Waals surface area (Å²) in [7, 11) is -4.12. The predicted molar refractivity (Wildman–Crippen MR) is 126 cm³/mol. The molecule has 0 bridgehead atoms. The standard InChI is InChI=1S/C26H31F3N2O3S/c27-26(28,29)34-22-3-1-2-4-23(22)35(32,33)31-17-14-25(15-18-31)13-16-30-24(25)21-11-9-20(10-12-21)8-7-19-5-6-19/h1-4,9-12,19,24,30H,5-8,13-18H2. The molecule has 3 fully saturated rings. The summed E-state index contributed by atoms with van der Waals surface area (Å²) >= 11 is 0. The van der Waals surface area contributed by atoms with Crippen LogP contribution in [0.1, 0.15) is 55.7 Å². The molecule has 0 radical (unpaired) electrons. The molecule has 35 heavy (non-hydrogen) atoms. The van der Waals surface area contributed by atoms with Crippen molar-refractivity contribution in [2.24, 2.45) is 11.3 Å². The van der Waals surface area contributed by atoms with Gasteiger partial charge in [-0.3, -0.25) is 0 Å². The maximum atomic E-state index is 13.3. The molecule has 3 aliphatic rings. The molecule has 190 valence electrons. The van der Waals surface area contributed by atoms with E-state index in [1.54, 1.807) is 0 Å². The van der Waals surface area contributed by atoms with E-state index in [-0.39, 0.29) is 24.5 Å². The van der Waals surface area contributed by atoms with Crippen LogP contribution >= 0.6 is 0 Å². The second-order valence-corrected chi connectivity index (χ2v) is 12.0. The summed E-state index contributed by atoms with van der Waals surface area (Å²) in [6.07, 6.45) is 2.37. The van der Waals surface area contributed by atoms with Crippen molar-refractivity contribution in [1.29, 1.82) is 0 Å². The van der Waals surface area contributed by atoms with E-state index in [4.69, 9.17) is 0 Å². The van der Waals surface area contributed by atoms with Gasteiger partial charge in [-0.05, 0) is 73.2 Å². The number of aryl methyl sites for hydroxylation is 1. The van der Waals surface area contributed by atoms with Crippen molar-refractivity contribution in [2.75, 3.05) is 19.6 Å². The van der Waals surface area contributed by atoms with Crippen molar-refractivity contribution in [3.05, 3.63) is 59.7 Å². The van der Waals surface area contributed by atoms with Crippen molar-refractivity contribution in [3.63, 3.8) is 0 Å². The van der Waals surface area contributed by atoms with Crippen LogP contribution in [-0.2, 0) is 16.4 Å². The Hall–Kier alpha value is -2.10. The van der Waals surface area contributed by atoms with E-state index in [9.17, 15) is 21.6 Å². The van der Waals surface area contributed by atoms with Crippen LogP contribution in [0.2, 0.25) is 0 Å². The Labute approximate surface area is 204 Å². The van der Waals surface area contributed by atoms with Gasteiger partial charge >= 0.3 is 6.36 Å². The summed E-state index contributed by atoms with van der Waals surface area (Å²) in [5.74, 6) is 0.213. The average Bonchev–Trinajstić information content (AvgIpc) is 3.57. The molecule has 2 saturated heterocycles. The van der Waals surface area contributed by atoms with Gasteiger partial charge in [0.15, 0.2) is 0 Å². The molecule has 1 N–H and O–H groups in total. The SMILES string of the molecule is O=S(=O)(c1ccccc1OC(F)(F)F)N1CCC2(CCNC2c2ccc(CCC3CC3)cc2)CC1. The van der Waals surface area contributed by atoms with Crippen LogP contribution in [0.5, 0.6) is 5.75 Å². The molecule has 1 aliphatic carbocycles. The highest BCUT2D eigenvalue weighted by Crippen LogP contribution is 2.50. The molecule has 2 aliphatic heterocycles. The third-order valence-electron chi connectivity index (χ3n) is 7.85. The molecule has 1 spiro atoms. The van der Waals surface area contributed by atoms with Gasteiger partial charge in [-0.2, -0.15) is 4.31 Å². The second-order valence-electron chi connectivity index (χ2n) is 10.1. The lowest BCUT2D eigenvalue weighted by Crippen LogP contribution is -2.45. The molecule has 0 amide bonds. The van der Waals surface area contributed by atoms with Crippen LogP contribution < -0.4 is 10.1 Å². The number of halogens is 3. The first kappa shape index (κ1) is 24.6. The van der Waals surface area contributed by atoms with Crippen molar-refractivity contribution in [2.45, 2.75) is 62.2 Å². The van der Waals surface area contributed by atoms with Gasteiger partial charge in [-0.1, -0.05) is 49.2 Å². The van der Waals surface area contributed by atoms with Crippen LogP contribution in [-0.4, -0.2) is 38.7 Å². The average molecular weight is 509 g/mol. The maximum Gasteiger partial charge on any atom is 0.573 e. The van der Waals surface area contributed by atoms with Crippen molar-refractivity contribution in [1.82, 2.24) is 9.62 Å². The Morgan fingerprint density at radius 1 is 1.00 bits per heavy atom. The first-order chi connectivity index (χ1) is 16.7. The normalized spacial score (nSPS) is 23.0. The van der Waals surface area contributed by atoms with E-state index in [2.05, 4.69) is 34.3 Å². The Morgan fingerprint density at radius 2 is 1.69 bits per heavy atom. The fourth-order valence-corrected chi connectivity index (χ4v) is 7.23. The molecule has 1 atom stereocenters. The van der Waals surface area contributed by atoms with E-state index in [0.717, 1.165) is 31.4 Å². The summed E-state index contributed by atoms with van der Waals surface area (Å²) < 4.78 is 70.3. The van der Waals surface area contributed by atoms with Gasteiger partial charge in [0.1, 0.15) is 10.6 Å². The van der Waals surface area contributed by atoms with E-state index < -0.39 is 27.0 Å². The molecule has 5 nitrogen and oxygen atoms in total. The van der Waals surface area contributed by atoms with Crippen molar-refractivity contribution in [3.8, 4) is 5.75 Å². The zero-order chi connectivity index (χ0) is 24.7. The van der Waals surface area contributed by atoms with E-state index in [1.807, 2.05) is 0 Å². The number of nitrogens with zero attached hydrogens (tertiary/aromatic N) is 1. The molecular formula is C26H31F3N2O3S. The number of ether oxygens (including phenoxy) is 1. The number of hydrogen-bond donors (Lipinski definition) is 1. The minimum Gasteiger partial charge on any atom is -0.404 e. The molecule has 1 unspecified atom stereocenters. The van der Waals surface area contributed by atoms with Gasteiger partial charge < -0.3 is 10.1 Å². The van der Waals surface area contributed by atoms with E-state index in [0.29, 0.717) is 12.8 Å². The number of nitrogens with one attached hydrogen (secondary N) is 1. The minimum absolute atomic E-state index is 0.0659. The predicted octanol–water partition coefficient (Wildman–Crippen LogP) is 5.43. The summed E-state index contributed by atoms with van der Waals surface area (Å²) in [5.41, 5.74) is 2.51. The Kier molecular flexibility index (Phi) is 6.61. The number of piperidine rings is 1. The Morgan fingerprint density at radius 3 is 2.34 bits per heavy atom. The van der Waals surface area contributed by atoms with Gasteiger partial charge in [0, 0.05) is 19.1 Å². The quantitative estimate of drug-likeness (QED) is 0.542. The number of sulfonamides is 1. The molecule has 1 saturated carbocycles. The molecule has 9 heteroatoms. The molecule has 2 heterocycles. The molecular weight excluding hydrogens is 477 g/mol. The van der Waals surface area contributed by atoms with Crippen LogP contribution in [0, 0.1) is 11.3 Å². The summed E-state index contributed by atoms with van der Waals surface area (Å²) in [4.78, 5) is -0.448. The molecule has 2 aromatic rings. The first-order valence-corrected chi connectivity index (χ1v) is 13.8. The Bertz CT molecular complexity index is 1140. The minimum atomic E-state index is -4.96. The van der Waals surface area contributed by atoms with E-state index in [1.165, 1.54) is 52.9 Å². The van der Waals surface area contributed by atoms with Gasteiger partial charge in [0.05, 0.1) is 0 Å². The second kappa shape index (κ2) is 9.41. The number of para-hydroxylation sites is 1. The lowest BCUT2D eigenvalue weighted by molar-refractivity contribution is -0.275.